The number of thiophene rings is 1. The fourth-order valence-corrected chi connectivity index (χ4v) is 6.60. The predicted molar refractivity (Wildman–Crippen MR) is 141 cm³/mol. The third-order valence-electron chi connectivity index (χ3n) is 5.78. The summed E-state index contributed by atoms with van der Waals surface area (Å²) in [5.41, 5.74) is 2.25. The van der Waals surface area contributed by atoms with Crippen molar-refractivity contribution in [2.75, 3.05) is 11.1 Å². The molecule has 2 N–H and O–H groups in total. The summed E-state index contributed by atoms with van der Waals surface area (Å²) in [5, 5.41) is 25.3. The van der Waals surface area contributed by atoms with E-state index in [1.165, 1.54) is 28.0 Å². The van der Waals surface area contributed by atoms with E-state index < -0.39 is 0 Å². The standard InChI is InChI=1S/C24H25BrN6O2S2/c1-3-31-21(14(2)27-22(33)16-9-4-6-10-18(16)25)29-30-24(31)34-13-20(32)28-23-17(12-26)15-8-5-7-11-19(15)35-23/h4,6,9-10,14H,3,5,7-8,11,13H2,1-2H3,(H,27,33)(H,28,32). The van der Waals surface area contributed by atoms with Gasteiger partial charge in [0.25, 0.3) is 5.91 Å². The van der Waals surface area contributed by atoms with Crippen LogP contribution in [0.3, 0.4) is 0 Å². The summed E-state index contributed by atoms with van der Waals surface area (Å²) in [4.78, 5) is 26.6. The van der Waals surface area contributed by atoms with Crippen LogP contribution in [0.1, 0.15) is 64.9 Å². The molecular weight excluding hydrogens is 548 g/mol. The van der Waals surface area contributed by atoms with Gasteiger partial charge in [-0.1, -0.05) is 23.9 Å². The Morgan fingerprint density at radius 1 is 1.29 bits per heavy atom. The van der Waals surface area contributed by atoms with E-state index in [-0.39, 0.29) is 23.6 Å². The summed E-state index contributed by atoms with van der Waals surface area (Å²) < 4.78 is 2.61. The van der Waals surface area contributed by atoms with E-state index >= 15 is 0 Å². The van der Waals surface area contributed by atoms with Crippen LogP contribution in [0.5, 0.6) is 0 Å². The van der Waals surface area contributed by atoms with Gasteiger partial charge in [-0.15, -0.1) is 21.5 Å². The number of fused-ring (bicyclic) bond motifs is 1. The number of rotatable bonds is 8. The molecule has 0 spiro atoms. The van der Waals surface area contributed by atoms with Crippen LogP contribution >= 0.6 is 39.0 Å². The van der Waals surface area contributed by atoms with Crippen LogP contribution in [0.4, 0.5) is 5.00 Å². The highest BCUT2D eigenvalue weighted by Gasteiger charge is 2.23. The molecule has 2 heterocycles. The van der Waals surface area contributed by atoms with Crippen LogP contribution in [0, 0.1) is 11.3 Å². The van der Waals surface area contributed by atoms with Gasteiger partial charge in [0.1, 0.15) is 11.1 Å². The van der Waals surface area contributed by atoms with E-state index in [9.17, 15) is 14.9 Å². The Kier molecular flexibility index (Phi) is 8.26. The number of hydrogen-bond acceptors (Lipinski definition) is 7. The van der Waals surface area contributed by atoms with Crippen LogP contribution in [0.15, 0.2) is 33.9 Å². The minimum atomic E-state index is -0.374. The summed E-state index contributed by atoms with van der Waals surface area (Å²) in [5.74, 6) is 0.362. The molecule has 0 aliphatic heterocycles. The van der Waals surface area contributed by atoms with Crippen molar-refractivity contribution in [3.05, 3.63) is 56.1 Å². The van der Waals surface area contributed by atoms with Gasteiger partial charge in [-0.2, -0.15) is 5.26 Å². The van der Waals surface area contributed by atoms with E-state index in [4.69, 9.17) is 0 Å². The molecule has 8 nitrogen and oxygen atoms in total. The lowest BCUT2D eigenvalue weighted by atomic mass is 9.96. The van der Waals surface area contributed by atoms with E-state index in [1.807, 2.05) is 36.6 Å². The van der Waals surface area contributed by atoms with E-state index in [0.29, 0.717) is 33.7 Å². The Hall–Kier alpha value is -2.68. The highest BCUT2D eigenvalue weighted by atomic mass is 79.9. The molecule has 1 aliphatic carbocycles. The summed E-state index contributed by atoms with van der Waals surface area (Å²) >= 11 is 6.20. The maximum absolute atomic E-state index is 12.7. The molecule has 1 unspecified atom stereocenters. The number of anilines is 1. The molecule has 3 aromatic rings. The number of thioether (sulfide) groups is 1. The molecule has 1 aromatic carbocycles. The fraction of sp³-hybridized carbons (Fsp3) is 0.375. The van der Waals surface area contributed by atoms with Gasteiger partial charge in [-0.25, -0.2) is 0 Å². The highest BCUT2D eigenvalue weighted by molar-refractivity contribution is 9.10. The van der Waals surface area contributed by atoms with Crippen molar-refractivity contribution in [1.29, 1.82) is 5.26 Å². The summed E-state index contributed by atoms with van der Waals surface area (Å²) in [6, 6.07) is 9.13. The van der Waals surface area contributed by atoms with E-state index in [2.05, 4.69) is 42.8 Å². The lowest BCUT2D eigenvalue weighted by molar-refractivity contribution is -0.113. The molecule has 35 heavy (non-hydrogen) atoms. The van der Waals surface area contributed by atoms with Gasteiger partial charge in [-0.3, -0.25) is 9.59 Å². The van der Waals surface area contributed by atoms with Gasteiger partial charge < -0.3 is 15.2 Å². The van der Waals surface area contributed by atoms with Gasteiger partial charge in [0.05, 0.1) is 22.9 Å². The number of benzene rings is 1. The summed E-state index contributed by atoms with van der Waals surface area (Å²) in [6.45, 7) is 4.42. The number of nitrogens with one attached hydrogen (secondary N) is 2. The van der Waals surface area contributed by atoms with Gasteiger partial charge in [0, 0.05) is 15.9 Å². The Morgan fingerprint density at radius 3 is 2.80 bits per heavy atom. The first-order valence-corrected chi connectivity index (χ1v) is 14.0. The van der Waals surface area contributed by atoms with Crippen LogP contribution in [-0.4, -0.2) is 32.3 Å². The molecular formula is C24H25BrN6O2S2. The fourth-order valence-electron chi connectivity index (χ4n) is 4.07. The lowest BCUT2D eigenvalue weighted by Crippen LogP contribution is -2.29. The Labute approximate surface area is 220 Å². The number of hydrogen-bond donors (Lipinski definition) is 2. The van der Waals surface area contributed by atoms with E-state index in [0.717, 1.165) is 35.7 Å². The Morgan fingerprint density at radius 2 is 2.06 bits per heavy atom. The van der Waals surface area contributed by atoms with Crippen molar-refractivity contribution in [2.45, 2.75) is 57.3 Å². The minimum Gasteiger partial charge on any atom is -0.342 e. The molecule has 4 rings (SSSR count). The van der Waals surface area contributed by atoms with Crippen molar-refractivity contribution in [1.82, 2.24) is 20.1 Å². The number of aryl methyl sites for hydroxylation is 1. The monoisotopic (exact) mass is 572 g/mol. The minimum absolute atomic E-state index is 0.142. The Bertz CT molecular complexity index is 1300. The number of amides is 2. The molecule has 2 amide bonds. The molecule has 0 radical (unpaired) electrons. The van der Waals surface area contributed by atoms with Crippen LogP contribution in [0.2, 0.25) is 0 Å². The van der Waals surface area contributed by atoms with Gasteiger partial charge in [-0.05, 0) is 73.2 Å². The van der Waals surface area contributed by atoms with Crippen LogP contribution < -0.4 is 10.6 Å². The number of aromatic nitrogens is 3. The summed E-state index contributed by atoms with van der Waals surface area (Å²) in [6.07, 6.45) is 4.07. The van der Waals surface area contributed by atoms with Gasteiger partial charge in [0.15, 0.2) is 11.0 Å². The predicted octanol–water partition coefficient (Wildman–Crippen LogP) is 5.09. The van der Waals surface area contributed by atoms with Crippen molar-refractivity contribution < 1.29 is 9.59 Å². The lowest BCUT2D eigenvalue weighted by Gasteiger charge is -2.15. The average molecular weight is 574 g/mol. The molecule has 0 bridgehead atoms. The molecule has 1 aliphatic rings. The summed E-state index contributed by atoms with van der Waals surface area (Å²) in [7, 11) is 0. The highest BCUT2D eigenvalue weighted by Crippen LogP contribution is 2.37. The smallest absolute Gasteiger partial charge is 0.253 e. The number of carbonyl (C=O) groups excluding carboxylic acids is 2. The molecule has 0 saturated carbocycles. The second kappa shape index (κ2) is 11.4. The van der Waals surface area contributed by atoms with Crippen molar-refractivity contribution >= 4 is 55.8 Å². The first kappa shape index (κ1) is 25.4. The van der Waals surface area contributed by atoms with Gasteiger partial charge in [0.2, 0.25) is 5.91 Å². The molecule has 182 valence electrons. The molecule has 0 fully saturated rings. The topological polar surface area (TPSA) is 113 Å². The maximum Gasteiger partial charge on any atom is 0.253 e. The molecule has 11 heteroatoms. The third-order valence-corrected chi connectivity index (χ3v) is 8.65. The first-order valence-electron chi connectivity index (χ1n) is 11.4. The SMILES string of the molecule is CCn1c(SCC(=O)Nc2sc3c(c2C#N)CCCC3)nnc1C(C)NC(=O)c1ccccc1Br. The second-order valence-electron chi connectivity index (χ2n) is 8.12. The number of nitrogens with zero attached hydrogens (tertiary/aromatic N) is 4. The molecule has 1 atom stereocenters. The van der Waals surface area contributed by atoms with Crippen molar-refractivity contribution in [3.63, 3.8) is 0 Å². The maximum atomic E-state index is 12.7. The second-order valence-corrected chi connectivity index (χ2v) is 11.0. The molecule has 0 saturated heterocycles. The zero-order valence-electron chi connectivity index (χ0n) is 19.4. The van der Waals surface area contributed by atoms with E-state index in [1.54, 1.807) is 6.07 Å². The molecule has 2 aromatic heterocycles. The largest absolute Gasteiger partial charge is 0.342 e. The van der Waals surface area contributed by atoms with Crippen molar-refractivity contribution in [2.24, 2.45) is 0 Å². The zero-order valence-corrected chi connectivity index (χ0v) is 22.6. The number of halogens is 1. The normalized spacial score (nSPS) is 13.5. The average Bonchev–Trinajstić information content (AvgIpc) is 3.43. The number of carbonyl (C=O) groups is 2. The zero-order chi connectivity index (χ0) is 24.9. The Balaban J connectivity index is 1.40. The van der Waals surface area contributed by atoms with Crippen molar-refractivity contribution in [3.8, 4) is 6.07 Å². The third kappa shape index (κ3) is 5.60. The van der Waals surface area contributed by atoms with Crippen LogP contribution in [0.25, 0.3) is 0 Å². The number of nitriles is 1. The van der Waals surface area contributed by atoms with Gasteiger partial charge >= 0.3 is 0 Å². The first-order chi connectivity index (χ1) is 16.9. The quantitative estimate of drug-likeness (QED) is 0.363. The van der Waals surface area contributed by atoms with Crippen LogP contribution in [-0.2, 0) is 24.2 Å².